The van der Waals surface area contributed by atoms with Gasteiger partial charge in [0.2, 0.25) is 0 Å². The maximum Gasteiger partial charge on any atom is 0.290 e. The number of carbonyl (C=O) groups excluding carboxylic acids is 2. The van der Waals surface area contributed by atoms with Crippen LogP contribution in [0.4, 0.5) is 4.79 Å². The monoisotopic (exact) mass is 214 g/mol. The minimum Gasteiger partial charge on any atom is -0.378 e. The Bertz CT molecular complexity index is 297. The first-order chi connectivity index (χ1) is 6.75. The lowest BCUT2D eigenvalue weighted by atomic mass is 10.4. The van der Waals surface area contributed by atoms with E-state index in [1.807, 2.05) is 4.90 Å². The molecule has 0 radical (unpaired) electrons. The van der Waals surface area contributed by atoms with E-state index < -0.39 is 0 Å². The molecule has 6 heteroatoms. The summed E-state index contributed by atoms with van der Waals surface area (Å²) in [5, 5.41) is 1.92. The van der Waals surface area contributed by atoms with Gasteiger partial charge in [-0.15, -0.1) is 0 Å². The highest BCUT2D eigenvalue weighted by molar-refractivity contribution is 8.18. The van der Waals surface area contributed by atoms with E-state index in [0.717, 1.165) is 24.9 Å². The first-order valence-corrected chi connectivity index (χ1v) is 5.14. The molecule has 14 heavy (non-hydrogen) atoms. The molecule has 0 aromatic heterocycles. The standard InChI is InChI=1S/C8H10N2O3S/c11-7-6(14-8(12)9-7)5-10-1-3-13-4-2-10/h5H,1-4H2,(H,9,11,12). The number of morpholine rings is 1. The molecule has 0 aromatic rings. The summed E-state index contributed by atoms with van der Waals surface area (Å²) in [4.78, 5) is 24.5. The predicted octanol–water partition coefficient (Wildman–Crippen LogP) is 0.143. The average molecular weight is 214 g/mol. The van der Waals surface area contributed by atoms with E-state index in [9.17, 15) is 9.59 Å². The summed E-state index contributed by atoms with van der Waals surface area (Å²) in [5.74, 6) is -0.300. The van der Waals surface area contributed by atoms with Crippen LogP contribution in [0.1, 0.15) is 0 Å². The zero-order chi connectivity index (χ0) is 9.97. The Morgan fingerprint density at radius 3 is 2.64 bits per heavy atom. The fourth-order valence-electron chi connectivity index (χ4n) is 1.28. The molecule has 2 heterocycles. The van der Waals surface area contributed by atoms with Gasteiger partial charge in [0.25, 0.3) is 11.1 Å². The van der Waals surface area contributed by atoms with Gasteiger partial charge < -0.3 is 9.64 Å². The summed E-state index contributed by atoms with van der Waals surface area (Å²) in [7, 11) is 0. The van der Waals surface area contributed by atoms with Gasteiger partial charge in [-0.25, -0.2) is 0 Å². The molecule has 0 aromatic carbocycles. The predicted molar refractivity (Wildman–Crippen MR) is 51.6 cm³/mol. The molecule has 2 amide bonds. The second kappa shape index (κ2) is 4.02. The van der Waals surface area contributed by atoms with Gasteiger partial charge in [0.15, 0.2) is 0 Å². The molecule has 0 atom stereocenters. The number of carbonyl (C=O) groups is 2. The largest absolute Gasteiger partial charge is 0.378 e. The Labute approximate surface area is 85.5 Å². The van der Waals surface area contributed by atoms with Crippen molar-refractivity contribution in [2.75, 3.05) is 26.3 Å². The summed E-state index contributed by atoms with van der Waals surface area (Å²) in [6.45, 7) is 2.88. The SMILES string of the molecule is O=C1NC(=O)C(=CN2CCOCC2)S1. The van der Waals surface area contributed by atoms with Crippen LogP contribution in [0.25, 0.3) is 0 Å². The Balaban J connectivity index is 2.02. The summed E-state index contributed by atoms with van der Waals surface area (Å²) < 4.78 is 5.17. The van der Waals surface area contributed by atoms with Crippen LogP contribution in [-0.2, 0) is 9.53 Å². The van der Waals surface area contributed by atoms with Gasteiger partial charge in [-0.1, -0.05) is 0 Å². The molecule has 0 aliphatic carbocycles. The number of amides is 2. The van der Waals surface area contributed by atoms with E-state index in [4.69, 9.17) is 4.74 Å². The smallest absolute Gasteiger partial charge is 0.290 e. The maximum absolute atomic E-state index is 11.2. The number of rotatable bonds is 1. The molecule has 0 spiro atoms. The fourth-order valence-corrected chi connectivity index (χ4v) is 1.97. The van der Waals surface area contributed by atoms with Crippen LogP contribution in [-0.4, -0.2) is 42.3 Å². The zero-order valence-electron chi connectivity index (χ0n) is 7.49. The number of imide groups is 1. The van der Waals surface area contributed by atoms with Gasteiger partial charge in [-0.2, -0.15) is 0 Å². The third-order valence-corrected chi connectivity index (χ3v) is 2.79. The van der Waals surface area contributed by atoms with Gasteiger partial charge in [0, 0.05) is 19.3 Å². The molecule has 2 saturated heterocycles. The number of nitrogens with zero attached hydrogens (tertiary/aromatic N) is 1. The highest BCUT2D eigenvalue weighted by Gasteiger charge is 2.26. The first kappa shape index (κ1) is 9.54. The molecular weight excluding hydrogens is 204 g/mol. The number of nitrogens with one attached hydrogen (secondary N) is 1. The highest BCUT2D eigenvalue weighted by Crippen LogP contribution is 2.23. The number of thioether (sulfide) groups is 1. The quantitative estimate of drug-likeness (QED) is 0.629. The first-order valence-electron chi connectivity index (χ1n) is 4.32. The maximum atomic E-state index is 11.2. The van der Waals surface area contributed by atoms with Gasteiger partial charge >= 0.3 is 0 Å². The summed E-state index contributed by atoms with van der Waals surface area (Å²) in [6.07, 6.45) is 1.73. The molecule has 1 N–H and O–H groups in total. The van der Waals surface area contributed by atoms with Crippen LogP contribution in [0.5, 0.6) is 0 Å². The third kappa shape index (κ3) is 2.08. The number of ether oxygens (including phenoxy) is 1. The number of hydrogen-bond acceptors (Lipinski definition) is 5. The van der Waals surface area contributed by atoms with E-state index in [2.05, 4.69) is 5.32 Å². The second-order valence-electron chi connectivity index (χ2n) is 2.99. The van der Waals surface area contributed by atoms with Crippen molar-refractivity contribution in [1.82, 2.24) is 10.2 Å². The molecule has 0 unspecified atom stereocenters. The normalized spacial score (nSPS) is 25.7. The Hall–Kier alpha value is -1.01. The lowest BCUT2D eigenvalue weighted by Crippen LogP contribution is -2.32. The molecule has 2 rings (SSSR count). The summed E-state index contributed by atoms with van der Waals surface area (Å²) in [6, 6.07) is 0. The van der Waals surface area contributed by atoms with Crippen molar-refractivity contribution in [3.63, 3.8) is 0 Å². The van der Waals surface area contributed by atoms with E-state index in [1.165, 1.54) is 0 Å². The summed E-state index contributed by atoms with van der Waals surface area (Å²) in [5.41, 5.74) is 0. The van der Waals surface area contributed by atoms with Crippen LogP contribution in [0.15, 0.2) is 11.1 Å². The lowest BCUT2D eigenvalue weighted by molar-refractivity contribution is -0.115. The topological polar surface area (TPSA) is 58.6 Å². The van der Waals surface area contributed by atoms with Crippen LogP contribution < -0.4 is 5.32 Å². The number of hydrogen-bond donors (Lipinski definition) is 1. The molecule has 2 aliphatic rings. The Kier molecular flexibility index (Phi) is 2.74. The molecule has 0 saturated carbocycles. The molecule has 2 aliphatic heterocycles. The van der Waals surface area contributed by atoms with Crippen molar-refractivity contribution in [2.45, 2.75) is 0 Å². The van der Waals surface area contributed by atoms with Crippen LogP contribution in [0, 0.1) is 0 Å². The van der Waals surface area contributed by atoms with Crippen molar-refractivity contribution in [1.29, 1.82) is 0 Å². The van der Waals surface area contributed by atoms with Gasteiger partial charge in [0.1, 0.15) is 0 Å². The molecule has 0 bridgehead atoms. The van der Waals surface area contributed by atoms with Gasteiger partial charge in [-0.05, 0) is 11.8 Å². The van der Waals surface area contributed by atoms with Crippen molar-refractivity contribution in [3.05, 3.63) is 11.1 Å². The lowest BCUT2D eigenvalue weighted by Gasteiger charge is -2.25. The minimum absolute atomic E-state index is 0.297. The second-order valence-corrected chi connectivity index (χ2v) is 4.00. The third-order valence-electron chi connectivity index (χ3n) is 1.99. The molecule has 2 fully saturated rings. The van der Waals surface area contributed by atoms with E-state index in [-0.39, 0.29) is 11.1 Å². The summed E-state index contributed by atoms with van der Waals surface area (Å²) >= 11 is 0.946. The van der Waals surface area contributed by atoms with E-state index >= 15 is 0 Å². The molecule has 76 valence electrons. The fraction of sp³-hybridized carbons (Fsp3) is 0.500. The molecular formula is C8H10N2O3S. The van der Waals surface area contributed by atoms with Crippen LogP contribution >= 0.6 is 11.8 Å². The van der Waals surface area contributed by atoms with E-state index in [1.54, 1.807) is 6.20 Å². The van der Waals surface area contributed by atoms with E-state index in [0.29, 0.717) is 18.1 Å². The molecule has 5 nitrogen and oxygen atoms in total. The van der Waals surface area contributed by atoms with Crippen molar-refractivity contribution < 1.29 is 14.3 Å². The van der Waals surface area contributed by atoms with Gasteiger partial charge in [0.05, 0.1) is 18.1 Å². The van der Waals surface area contributed by atoms with Crippen molar-refractivity contribution in [2.24, 2.45) is 0 Å². The van der Waals surface area contributed by atoms with Gasteiger partial charge in [-0.3, -0.25) is 14.9 Å². The Morgan fingerprint density at radius 1 is 1.36 bits per heavy atom. The highest BCUT2D eigenvalue weighted by atomic mass is 32.2. The van der Waals surface area contributed by atoms with Crippen LogP contribution in [0.3, 0.4) is 0 Å². The minimum atomic E-state index is -0.300. The zero-order valence-corrected chi connectivity index (χ0v) is 8.30. The average Bonchev–Trinajstić information content (AvgIpc) is 2.47. The van der Waals surface area contributed by atoms with Crippen molar-refractivity contribution in [3.8, 4) is 0 Å². The van der Waals surface area contributed by atoms with Crippen LogP contribution in [0.2, 0.25) is 0 Å². The van der Waals surface area contributed by atoms with Crippen molar-refractivity contribution >= 4 is 22.9 Å². The Morgan fingerprint density at radius 2 is 2.07 bits per heavy atom.